The molecule has 1 unspecified atom stereocenters. The van der Waals surface area contributed by atoms with Crippen LogP contribution < -0.4 is 4.90 Å². The average molecular weight is 260 g/mol. The number of thiazole rings is 1. The molecule has 90 valence electrons. The summed E-state index contributed by atoms with van der Waals surface area (Å²) < 4.78 is 0. The van der Waals surface area contributed by atoms with Gasteiger partial charge in [-0.2, -0.15) is 11.8 Å². The molecule has 0 aliphatic heterocycles. The minimum absolute atomic E-state index is 0.170. The second-order valence-corrected chi connectivity index (χ2v) is 5.71. The van der Waals surface area contributed by atoms with Crippen molar-refractivity contribution in [3.8, 4) is 0 Å². The molecule has 1 heterocycles. The number of carbonyl (C=O) groups is 1. The minimum Gasteiger partial charge on any atom is -0.476 e. The van der Waals surface area contributed by atoms with E-state index in [-0.39, 0.29) is 5.69 Å². The molecule has 0 aliphatic rings. The van der Waals surface area contributed by atoms with E-state index in [0.717, 1.165) is 15.8 Å². The molecule has 4 nitrogen and oxygen atoms in total. The molecular weight excluding hydrogens is 244 g/mol. The van der Waals surface area contributed by atoms with Crippen molar-refractivity contribution in [3.63, 3.8) is 0 Å². The van der Waals surface area contributed by atoms with E-state index in [2.05, 4.69) is 18.2 Å². The molecule has 0 fully saturated rings. The summed E-state index contributed by atoms with van der Waals surface area (Å²) in [7, 11) is 1.95. The molecule has 0 bridgehead atoms. The standard InChI is InChI=1S/C10H16N2O2S2/c1-6(5-15-4)12(3)10-11-8(9(13)14)7(2)16-10/h6H,5H2,1-4H3,(H,13,14). The van der Waals surface area contributed by atoms with E-state index in [0.29, 0.717) is 6.04 Å². The predicted octanol–water partition coefficient (Wildman–Crippen LogP) is 2.34. The molecule has 1 rings (SSSR count). The zero-order chi connectivity index (χ0) is 12.3. The number of nitrogens with zero attached hydrogens (tertiary/aromatic N) is 2. The first-order chi connectivity index (χ1) is 7.47. The zero-order valence-corrected chi connectivity index (χ0v) is 11.5. The zero-order valence-electron chi connectivity index (χ0n) is 9.85. The Morgan fingerprint density at radius 2 is 2.31 bits per heavy atom. The molecule has 6 heteroatoms. The van der Waals surface area contributed by atoms with Crippen molar-refractivity contribution in [1.82, 2.24) is 4.98 Å². The molecule has 0 spiro atoms. The van der Waals surface area contributed by atoms with Gasteiger partial charge < -0.3 is 10.0 Å². The maximum Gasteiger partial charge on any atom is 0.355 e. The van der Waals surface area contributed by atoms with Gasteiger partial charge in [-0.3, -0.25) is 0 Å². The van der Waals surface area contributed by atoms with Crippen LogP contribution in [-0.2, 0) is 0 Å². The number of aryl methyl sites for hydroxylation is 1. The van der Waals surface area contributed by atoms with Gasteiger partial charge in [-0.25, -0.2) is 9.78 Å². The van der Waals surface area contributed by atoms with E-state index in [9.17, 15) is 4.79 Å². The van der Waals surface area contributed by atoms with Crippen LogP contribution >= 0.6 is 23.1 Å². The number of aromatic carboxylic acids is 1. The monoisotopic (exact) mass is 260 g/mol. The van der Waals surface area contributed by atoms with Crippen molar-refractivity contribution in [2.24, 2.45) is 0 Å². The second-order valence-electron chi connectivity index (χ2n) is 3.62. The molecule has 0 aliphatic carbocycles. The highest BCUT2D eigenvalue weighted by molar-refractivity contribution is 7.98. The third-order valence-electron chi connectivity index (χ3n) is 2.36. The van der Waals surface area contributed by atoms with Crippen molar-refractivity contribution in [3.05, 3.63) is 10.6 Å². The number of hydrogen-bond acceptors (Lipinski definition) is 5. The molecule has 1 aromatic heterocycles. The van der Waals surface area contributed by atoms with Crippen LogP contribution in [0, 0.1) is 6.92 Å². The van der Waals surface area contributed by atoms with Crippen LogP contribution in [0.5, 0.6) is 0 Å². The Labute approximate surface area is 104 Å². The summed E-state index contributed by atoms with van der Waals surface area (Å²) in [6.45, 7) is 3.89. The molecule has 1 N–H and O–H groups in total. The van der Waals surface area contributed by atoms with Gasteiger partial charge in [0.1, 0.15) is 0 Å². The topological polar surface area (TPSA) is 53.4 Å². The Kier molecular flexibility index (Phi) is 4.61. The minimum atomic E-state index is -0.953. The quantitative estimate of drug-likeness (QED) is 0.880. The molecule has 16 heavy (non-hydrogen) atoms. The van der Waals surface area contributed by atoms with Crippen LogP contribution in [0.4, 0.5) is 5.13 Å². The van der Waals surface area contributed by atoms with Crippen LogP contribution in [0.15, 0.2) is 0 Å². The summed E-state index contributed by atoms with van der Waals surface area (Å²) >= 11 is 3.20. The summed E-state index contributed by atoms with van der Waals surface area (Å²) in [5.74, 6) is 0.0447. The normalized spacial score (nSPS) is 12.5. The molecule has 0 radical (unpaired) electrons. The maximum atomic E-state index is 10.9. The van der Waals surface area contributed by atoms with Crippen molar-refractivity contribution in [1.29, 1.82) is 0 Å². The lowest BCUT2D eigenvalue weighted by Gasteiger charge is -2.23. The first kappa shape index (κ1) is 13.3. The first-order valence-corrected chi connectivity index (χ1v) is 7.11. The lowest BCUT2D eigenvalue weighted by atomic mass is 10.3. The van der Waals surface area contributed by atoms with Gasteiger partial charge in [0.2, 0.25) is 0 Å². The van der Waals surface area contributed by atoms with Crippen LogP contribution in [0.2, 0.25) is 0 Å². The average Bonchev–Trinajstić information content (AvgIpc) is 2.59. The van der Waals surface area contributed by atoms with Crippen molar-refractivity contribution in [2.75, 3.05) is 24.0 Å². The molecule has 0 saturated heterocycles. The molecule has 0 amide bonds. The highest BCUT2D eigenvalue weighted by Gasteiger charge is 2.18. The highest BCUT2D eigenvalue weighted by atomic mass is 32.2. The van der Waals surface area contributed by atoms with E-state index >= 15 is 0 Å². The smallest absolute Gasteiger partial charge is 0.355 e. The highest BCUT2D eigenvalue weighted by Crippen LogP contribution is 2.26. The summed E-state index contributed by atoms with van der Waals surface area (Å²) in [4.78, 5) is 17.8. The van der Waals surface area contributed by atoms with Gasteiger partial charge in [0.15, 0.2) is 10.8 Å². The van der Waals surface area contributed by atoms with Gasteiger partial charge in [-0.1, -0.05) is 0 Å². The SMILES string of the molecule is CSCC(C)N(C)c1nc(C(=O)O)c(C)s1. The number of carboxylic acids is 1. The summed E-state index contributed by atoms with van der Waals surface area (Å²) in [5.41, 5.74) is 0.170. The van der Waals surface area contributed by atoms with Gasteiger partial charge in [0, 0.05) is 23.7 Å². The lowest BCUT2D eigenvalue weighted by Crippen LogP contribution is -2.30. The second kappa shape index (κ2) is 5.54. The summed E-state index contributed by atoms with van der Waals surface area (Å²) in [5, 5.41) is 9.70. The largest absolute Gasteiger partial charge is 0.476 e. The van der Waals surface area contributed by atoms with Crippen LogP contribution in [0.25, 0.3) is 0 Å². The van der Waals surface area contributed by atoms with E-state index in [1.165, 1.54) is 11.3 Å². The van der Waals surface area contributed by atoms with E-state index in [1.807, 2.05) is 11.9 Å². The van der Waals surface area contributed by atoms with Crippen molar-refractivity contribution in [2.45, 2.75) is 19.9 Å². The molecule has 0 aromatic carbocycles. The van der Waals surface area contributed by atoms with Crippen LogP contribution in [0.3, 0.4) is 0 Å². The van der Waals surface area contributed by atoms with E-state index in [4.69, 9.17) is 5.11 Å². The Balaban J connectivity index is 2.88. The number of hydrogen-bond donors (Lipinski definition) is 1. The van der Waals surface area contributed by atoms with E-state index in [1.54, 1.807) is 18.7 Å². The van der Waals surface area contributed by atoms with Crippen LogP contribution in [0.1, 0.15) is 22.3 Å². The molecule has 1 atom stereocenters. The van der Waals surface area contributed by atoms with E-state index < -0.39 is 5.97 Å². The number of anilines is 1. The van der Waals surface area contributed by atoms with Crippen LogP contribution in [-0.4, -0.2) is 41.2 Å². The number of rotatable bonds is 5. The van der Waals surface area contributed by atoms with Gasteiger partial charge in [-0.05, 0) is 20.1 Å². The number of carboxylic acid groups (broad SMARTS) is 1. The molecule has 0 saturated carbocycles. The summed E-state index contributed by atoms with van der Waals surface area (Å²) in [6.07, 6.45) is 2.06. The third kappa shape index (κ3) is 2.89. The lowest BCUT2D eigenvalue weighted by molar-refractivity contribution is 0.0690. The molecule has 1 aromatic rings. The first-order valence-electron chi connectivity index (χ1n) is 4.89. The molecular formula is C10H16N2O2S2. The van der Waals surface area contributed by atoms with Gasteiger partial charge >= 0.3 is 5.97 Å². The fourth-order valence-corrected chi connectivity index (χ4v) is 2.94. The Bertz CT molecular complexity index is 379. The number of aromatic nitrogens is 1. The van der Waals surface area contributed by atoms with Crippen molar-refractivity contribution < 1.29 is 9.90 Å². The summed E-state index contributed by atoms with van der Waals surface area (Å²) in [6, 6.07) is 0.349. The van der Waals surface area contributed by atoms with Gasteiger partial charge in [0.05, 0.1) is 0 Å². The Morgan fingerprint density at radius 1 is 1.69 bits per heavy atom. The van der Waals surface area contributed by atoms with Gasteiger partial charge in [-0.15, -0.1) is 11.3 Å². The third-order valence-corrected chi connectivity index (χ3v) is 4.24. The Morgan fingerprint density at radius 3 is 2.75 bits per heavy atom. The predicted molar refractivity (Wildman–Crippen MR) is 70.1 cm³/mol. The fraction of sp³-hybridized carbons (Fsp3) is 0.600. The fourth-order valence-electron chi connectivity index (χ4n) is 1.27. The maximum absolute atomic E-state index is 10.9. The Hall–Kier alpha value is -0.750. The number of thioether (sulfide) groups is 1. The van der Waals surface area contributed by atoms with Gasteiger partial charge in [0.25, 0.3) is 0 Å². The van der Waals surface area contributed by atoms with Crippen molar-refractivity contribution >= 4 is 34.2 Å².